The van der Waals surface area contributed by atoms with Gasteiger partial charge in [-0.2, -0.15) is 35.9 Å². The van der Waals surface area contributed by atoms with E-state index in [1.807, 2.05) is 0 Å². The van der Waals surface area contributed by atoms with E-state index in [0.29, 0.717) is 49.7 Å². The first-order valence-corrected chi connectivity index (χ1v) is 19.7. The van der Waals surface area contributed by atoms with Crippen molar-refractivity contribution >= 4 is 47.3 Å². The summed E-state index contributed by atoms with van der Waals surface area (Å²) in [4.78, 5) is 71.7. The van der Waals surface area contributed by atoms with E-state index >= 15 is 0 Å². The number of ether oxygens (including phenoxy) is 1. The molecule has 0 radical (unpaired) electrons. The first kappa shape index (κ1) is 43.8. The van der Waals surface area contributed by atoms with Crippen LogP contribution in [0.5, 0.6) is 0 Å². The predicted octanol–water partition coefficient (Wildman–Crippen LogP) is 5.06. The first-order chi connectivity index (χ1) is 27.8. The summed E-state index contributed by atoms with van der Waals surface area (Å²) in [5.41, 5.74) is -2.40. The average Bonchev–Trinajstić information content (AvgIpc) is 3.33. The minimum absolute atomic E-state index is 0.0300. The number of rotatable bonds is 11. The van der Waals surface area contributed by atoms with Gasteiger partial charge in [-0.3, -0.25) is 39.3 Å². The van der Waals surface area contributed by atoms with E-state index < -0.39 is 71.3 Å². The summed E-state index contributed by atoms with van der Waals surface area (Å²) < 4.78 is 90.2. The highest BCUT2D eigenvalue weighted by Gasteiger charge is 2.55. The minimum Gasteiger partial charge on any atom is -0.377 e. The van der Waals surface area contributed by atoms with E-state index in [1.54, 1.807) is 18.7 Å². The zero-order valence-corrected chi connectivity index (χ0v) is 32.9. The second kappa shape index (κ2) is 17.4. The number of urea groups is 1. The van der Waals surface area contributed by atoms with Crippen LogP contribution in [0.25, 0.3) is 0 Å². The quantitative estimate of drug-likeness (QED) is 0.134. The number of alkyl halides is 6. The summed E-state index contributed by atoms with van der Waals surface area (Å²) >= 11 is 0.562. The van der Waals surface area contributed by atoms with Crippen molar-refractivity contribution in [2.45, 2.75) is 99.3 Å². The molecule has 1 unspecified atom stereocenters. The Labute approximate surface area is 339 Å². The van der Waals surface area contributed by atoms with Crippen molar-refractivity contribution in [1.29, 1.82) is 5.26 Å². The molecule has 3 saturated heterocycles. The van der Waals surface area contributed by atoms with Gasteiger partial charge in [0, 0.05) is 43.5 Å². The Bertz CT molecular complexity index is 1990. The second-order valence-corrected chi connectivity index (χ2v) is 16.4. The average molecular weight is 853 g/mol. The topological polar surface area (TPSA) is 168 Å². The highest BCUT2D eigenvalue weighted by molar-refractivity contribution is 7.98. The molecule has 6 rings (SSSR count). The lowest BCUT2D eigenvalue weighted by atomic mass is 9.89. The van der Waals surface area contributed by atoms with E-state index in [9.17, 15) is 50.3 Å². The molecule has 4 aliphatic rings. The molecular weight excluding hydrogens is 811 g/mol. The van der Waals surface area contributed by atoms with Gasteiger partial charge in [-0.05, 0) is 88.2 Å². The summed E-state index contributed by atoms with van der Waals surface area (Å²) in [7, 11) is 0. The molecule has 0 spiro atoms. The summed E-state index contributed by atoms with van der Waals surface area (Å²) in [5.74, 6) is -2.72. The molecule has 318 valence electrons. The fraction of sp³-hybridized carbons (Fsp3) is 0.553. The maximum Gasteiger partial charge on any atom is 0.417 e. The fourth-order valence-electron chi connectivity index (χ4n) is 7.93. The Kier molecular flexibility index (Phi) is 12.9. The molecule has 0 bridgehead atoms. The molecule has 14 nitrogen and oxygen atoms in total. The molecule has 2 N–H and O–H groups in total. The Morgan fingerprint density at radius 3 is 2.39 bits per heavy atom. The van der Waals surface area contributed by atoms with Crippen LogP contribution in [0.1, 0.15) is 75.1 Å². The lowest BCUT2D eigenvalue weighted by Gasteiger charge is -2.42. The van der Waals surface area contributed by atoms with Gasteiger partial charge < -0.3 is 15.0 Å². The van der Waals surface area contributed by atoms with Gasteiger partial charge in [0.1, 0.15) is 11.6 Å². The van der Waals surface area contributed by atoms with Gasteiger partial charge in [0.25, 0.3) is 5.91 Å². The van der Waals surface area contributed by atoms with E-state index in [-0.39, 0.29) is 67.8 Å². The standard InChI is InChI=1S/C38H42F6N8O6S/c1-36(2)34(56)52(59-26-9-3-22(18-45)28(17-26)37(39,40)41)35(57)51(36)24-5-7-25(8-6-24)58-16-15-49-13-14-50(30(20-49)38(42,43)44)21-32(54)47-23-4-11-29(46-19-23)27-10-12-31(53)48-33(27)55/h3-4,9,11,17,19,24-25,27,30H,5-8,10,12-16,20-21H2,1-2H3,(H,47,54)(H,48,53,55)/t24?,25?,27?,30-/m1/s1. The van der Waals surface area contributed by atoms with Crippen LogP contribution in [0.3, 0.4) is 0 Å². The number of aromatic nitrogens is 1. The van der Waals surface area contributed by atoms with Gasteiger partial charge in [0.05, 0.1) is 59.9 Å². The number of halogens is 6. The molecule has 4 fully saturated rings. The normalized spacial score (nSPS) is 24.6. The van der Waals surface area contributed by atoms with Crippen molar-refractivity contribution < 1.29 is 55.1 Å². The number of amides is 6. The number of benzene rings is 1. The van der Waals surface area contributed by atoms with E-state index in [4.69, 9.17) is 10.00 Å². The smallest absolute Gasteiger partial charge is 0.377 e. The molecule has 1 aliphatic carbocycles. The number of pyridine rings is 1. The number of piperazine rings is 1. The van der Waals surface area contributed by atoms with E-state index in [0.717, 1.165) is 21.3 Å². The maximum absolute atomic E-state index is 14.2. The second-order valence-electron chi connectivity index (χ2n) is 15.4. The molecule has 21 heteroatoms. The number of anilines is 1. The number of carbonyl (C=O) groups is 5. The highest BCUT2D eigenvalue weighted by Crippen LogP contribution is 2.42. The Morgan fingerprint density at radius 1 is 1.03 bits per heavy atom. The van der Waals surface area contributed by atoms with Crippen LogP contribution in [0, 0.1) is 11.3 Å². The number of hydrogen-bond donors (Lipinski definition) is 2. The molecule has 2 aromatic rings. The molecule has 6 amide bonds. The molecule has 3 aliphatic heterocycles. The minimum atomic E-state index is -4.81. The van der Waals surface area contributed by atoms with Gasteiger partial charge in [0.2, 0.25) is 17.7 Å². The third kappa shape index (κ3) is 9.99. The number of nitrogens with one attached hydrogen (secondary N) is 2. The van der Waals surface area contributed by atoms with Crippen molar-refractivity contribution in [3.05, 3.63) is 53.3 Å². The van der Waals surface area contributed by atoms with Crippen LogP contribution < -0.4 is 10.6 Å². The Hall–Kier alpha value is -4.78. The summed E-state index contributed by atoms with van der Waals surface area (Å²) in [6.45, 7) is 2.83. The van der Waals surface area contributed by atoms with Crippen molar-refractivity contribution in [1.82, 2.24) is 29.3 Å². The first-order valence-electron chi connectivity index (χ1n) is 19.0. The third-order valence-corrected chi connectivity index (χ3v) is 12.0. The molecule has 1 saturated carbocycles. The fourth-order valence-corrected chi connectivity index (χ4v) is 8.91. The Balaban J connectivity index is 0.956. The van der Waals surface area contributed by atoms with Gasteiger partial charge >= 0.3 is 18.4 Å². The maximum atomic E-state index is 14.2. The van der Waals surface area contributed by atoms with Gasteiger partial charge in [-0.15, -0.1) is 0 Å². The lowest BCUT2D eigenvalue weighted by molar-refractivity contribution is -0.197. The largest absolute Gasteiger partial charge is 0.417 e. The molecule has 59 heavy (non-hydrogen) atoms. The van der Waals surface area contributed by atoms with Crippen LogP contribution >= 0.6 is 11.9 Å². The lowest BCUT2D eigenvalue weighted by Crippen LogP contribution is -2.60. The number of hydrogen-bond acceptors (Lipinski definition) is 11. The highest BCUT2D eigenvalue weighted by atomic mass is 32.2. The van der Waals surface area contributed by atoms with Gasteiger partial charge in [-0.1, -0.05) is 0 Å². The Morgan fingerprint density at radius 2 is 1.76 bits per heavy atom. The molecule has 1 aromatic carbocycles. The molecule has 4 heterocycles. The predicted molar refractivity (Wildman–Crippen MR) is 198 cm³/mol. The molecular formula is C38H42F6N8O6S. The molecule has 2 atom stereocenters. The number of nitriles is 1. The van der Waals surface area contributed by atoms with Crippen molar-refractivity contribution in [2.24, 2.45) is 0 Å². The van der Waals surface area contributed by atoms with E-state index in [2.05, 4.69) is 15.6 Å². The van der Waals surface area contributed by atoms with E-state index in [1.165, 1.54) is 35.4 Å². The van der Waals surface area contributed by atoms with Crippen LogP contribution in [0.15, 0.2) is 41.4 Å². The monoisotopic (exact) mass is 852 g/mol. The summed E-state index contributed by atoms with van der Waals surface area (Å²) in [6, 6.07) is 4.55. The van der Waals surface area contributed by atoms with Crippen molar-refractivity contribution in [3.8, 4) is 6.07 Å². The molecule has 1 aromatic heterocycles. The van der Waals surface area contributed by atoms with Crippen LogP contribution in [0.4, 0.5) is 36.8 Å². The van der Waals surface area contributed by atoms with Gasteiger partial charge in [0.15, 0.2) is 0 Å². The number of piperidine rings is 1. The zero-order valence-electron chi connectivity index (χ0n) is 32.1. The zero-order chi connectivity index (χ0) is 42.9. The van der Waals surface area contributed by atoms with Crippen LogP contribution in [-0.2, 0) is 30.1 Å². The van der Waals surface area contributed by atoms with Crippen molar-refractivity contribution in [2.75, 3.05) is 44.6 Å². The summed E-state index contributed by atoms with van der Waals surface area (Å²) in [6.07, 6.45) is -6.00. The van der Waals surface area contributed by atoms with Crippen molar-refractivity contribution in [3.63, 3.8) is 0 Å². The number of imide groups is 2. The number of carbonyl (C=O) groups excluding carboxylic acids is 5. The SMILES string of the molecule is CC1(C)C(=O)N(Sc2ccc(C#N)c(C(F)(F)F)c2)C(=O)N1C1CCC(OCCN2CCN(CC(=O)Nc3ccc(C4CCC(=O)NC4=O)nc3)[C@@H](C(F)(F)F)C2)CC1. The summed E-state index contributed by atoms with van der Waals surface area (Å²) in [5, 5.41) is 13.9. The van der Waals surface area contributed by atoms with Crippen LogP contribution in [-0.4, -0.2) is 123 Å². The van der Waals surface area contributed by atoms with Crippen LogP contribution in [0.2, 0.25) is 0 Å². The number of nitrogens with zero attached hydrogens (tertiary/aromatic N) is 6. The third-order valence-electron chi connectivity index (χ3n) is 11.0. The van der Waals surface area contributed by atoms with Gasteiger partial charge in [-0.25, -0.2) is 4.79 Å².